The third-order valence-electron chi connectivity index (χ3n) is 7.29. The number of rotatable bonds is 20. The Balaban J connectivity index is 0.000000808. The van der Waals surface area contributed by atoms with Crippen LogP contribution in [0.2, 0.25) is 0 Å². The van der Waals surface area contributed by atoms with Crippen molar-refractivity contribution in [3.8, 4) is 0 Å². The van der Waals surface area contributed by atoms with Crippen LogP contribution in [0.5, 0.6) is 0 Å². The van der Waals surface area contributed by atoms with Crippen molar-refractivity contribution in [2.45, 2.75) is 129 Å². The lowest BCUT2D eigenvalue weighted by Gasteiger charge is -2.09. The summed E-state index contributed by atoms with van der Waals surface area (Å²) in [5.41, 5.74) is 9.70. The molecule has 0 atom stereocenters. The number of aryl methyl sites for hydroxylation is 2. The molecule has 0 aromatic heterocycles. The van der Waals surface area contributed by atoms with Crippen LogP contribution in [0.3, 0.4) is 0 Å². The largest absolute Gasteiger partial charge is 0.330 e. The number of anilines is 2. The number of nitrogens with one attached hydrogen (secondary N) is 3. The van der Waals surface area contributed by atoms with E-state index in [9.17, 15) is 26.4 Å². The van der Waals surface area contributed by atoms with E-state index in [0.29, 0.717) is 38.8 Å². The Bertz CT molecular complexity index is 1400. The van der Waals surface area contributed by atoms with Gasteiger partial charge in [-0.15, -0.1) is 0 Å². The Morgan fingerprint density at radius 2 is 1.04 bits per heavy atom. The van der Waals surface area contributed by atoms with Gasteiger partial charge in [0.2, 0.25) is 30.9 Å². The fraction of sp³-hybridized carbons (Fsp3) is 0.611. The number of hydrogen-bond acceptors (Lipinski definition) is 7. The average molecular weight is 745 g/mol. The van der Waals surface area contributed by atoms with Gasteiger partial charge in [-0.1, -0.05) is 51.0 Å². The third kappa shape index (κ3) is 24.3. The number of nitrogens with two attached hydrogens (primary N) is 1. The summed E-state index contributed by atoms with van der Waals surface area (Å²) in [6.07, 6.45) is 11.0. The van der Waals surface area contributed by atoms with E-state index in [1.54, 1.807) is 13.8 Å². The van der Waals surface area contributed by atoms with Gasteiger partial charge in [0.15, 0.2) is 0 Å². The molecule has 2 aromatic carbocycles. The van der Waals surface area contributed by atoms with Gasteiger partial charge in [0.1, 0.15) is 0 Å². The molecule has 0 bridgehead atoms. The zero-order chi connectivity index (χ0) is 37.3. The van der Waals surface area contributed by atoms with Gasteiger partial charge in [-0.2, -0.15) is 0 Å². The molecular formula is C36H61ClN4O6S2. The lowest BCUT2D eigenvalue weighted by molar-refractivity contribution is -0.117. The van der Waals surface area contributed by atoms with Crippen LogP contribution in [0, 0.1) is 0 Å². The molecule has 10 nitrogen and oxygen atoms in total. The Labute approximate surface area is 301 Å². The SMILES string of the molecule is CC(C)S(=O)(=O)Cl.CCCCc1ccc(NC(=O)CCCCN)cc1.CCCCc1ccc(NC(=O)CCCCNS(=O)(=O)C(C)C)cc1. The van der Waals surface area contributed by atoms with Gasteiger partial charge >= 0.3 is 0 Å². The molecule has 0 aliphatic heterocycles. The minimum absolute atomic E-state index is 0.0389. The first-order chi connectivity index (χ1) is 23.0. The topological polar surface area (TPSA) is 165 Å². The Kier molecular flexibility index (Phi) is 25.0. The minimum Gasteiger partial charge on any atom is -0.330 e. The molecule has 5 N–H and O–H groups in total. The summed E-state index contributed by atoms with van der Waals surface area (Å²) in [5, 5.41) is 4.88. The van der Waals surface area contributed by atoms with Crippen molar-refractivity contribution in [1.82, 2.24) is 4.72 Å². The highest BCUT2D eigenvalue weighted by Gasteiger charge is 2.14. The Hall–Kier alpha value is -2.51. The van der Waals surface area contributed by atoms with E-state index in [-0.39, 0.29) is 11.8 Å². The maximum absolute atomic E-state index is 11.9. The molecule has 0 saturated carbocycles. The molecule has 0 radical (unpaired) electrons. The number of benzene rings is 2. The highest BCUT2D eigenvalue weighted by atomic mass is 35.7. The van der Waals surface area contributed by atoms with Crippen molar-refractivity contribution in [3.05, 3.63) is 59.7 Å². The van der Waals surface area contributed by atoms with Crippen LogP contribution in [0.1, 0.15) is 117 Å². The van der Waals surface area contributed by atoms with Crippen molar-refractivity contribution in [2.24, 2.45) is 5.73 Å². The van der Waals surface area contributed by atoms with Crippen LogP contribution in [-0.2, 0) is 41.5 Å². The molecule has 2 rings (SSSR count). The first-order valence-electron chi connectivity index (χ1n) is 17.4. The number of unbranched alkanes of at least 4 members (excludes halogenated alkanes) is 4. The van der Waals surface area contributed by atoms with Crippen LogP contribution in [0.15, 0.2) is 48.5 Å². The van der Waals surface area contributed by atoms with Crippen molar-refractivity contribution < 1.29 is 26.4 Å². The second-order valence-electron chi connectivity index (χ2n) is 12.4. The molecule has 0 aliphatic rings. The number of carbonyl (C=O) groups is 2. The second-order valence-corrected chi connectivity index (χ2v) is 17.9. The van der Waals surface area contributed by atoms with Crippen molar-refractivity contribution in [3.63, 3.8) is 0 Å². The van der Waals surface area contributed by atoms with E-state index in [1.807, 2.05) is 36.4 Å². The van der Waals surface area contributed by atoms with Gasteiger partial charge in [0, 0.05) is 41.4 Å². The lowest BCUT2D eigenvalue weighted by atomic mass is 10.1. The number of halogens is 1. The second kappa shape index (κ2) is 26.3. The first-order valence-corrected chi connectivity index (χ1v) is 21.4. The molecular weight excluding hydrogens is 684 g/mol. The quantitative estimate of drug-likeness (QED) is 0.0804. The van der Waals surface area contributed by atoms with Crippen LogP contribution in [0.4, 0.5) is 11.4 Å². The molecule has 2 amide bonds. The van der Waals surface area contributed by atoms with Crippen LogP contribution in [-0.4, -0.2) is 52.2 Å². The zero-order valence-electron chi connectivity index (χ0n) is 30.4. The van der Waals surface area contributed by atoms with E-state index < -0.39 is 29.6 Å². The monoisotopic (exact) mass is 744 g/mol. The predicted octanol–water partition coefficient (Wildman–Crippen LogP) is 7.53. The zero-order valence-corrected chi connectivity index (χ0v) is 32.8. The van der Waals surface area contributed by atoms with E-state index in [2.05, 4.69) is 41.3 Å². The maximum Gasteiger partial charge on any atom is 0.234 e. The Morgan fingerprint density at radius 3 is 1.37 bits per heavy atom. The van der Waals surface area contributed by atoms with Crippen molar-refractivity contribution in [2.75, 3.05) is 23.7 Å². The fourth-order valence-electron chi connectivity index (χ4n) is 3.94. The molecule has 0 spiro atoms. The van der Waals surface area contributed by atoms with Crippen molar-refractivity contribution >= 4 is 52.9 Å². The van der Waals surface area contributed by atoms with Gasteiger partial charge in [-0.25, -0.2) is 21.6 Å². The summed E-state index contributed by atoms with van der Waals surface area (Å²) in [6.45, 7) is 11.7. The van der Waals surface area contributed by atoms with Gasteiger partial charge in [0.05, 0.1) is 10.5 Å². The first kappa shape index (κ1) is 46.5. The average Bonchev–Trinajstić information content (AvgIpc) is 3.04. The molecule has 0 saturated heterocycles. The van der Waals surface area contributed by atoms with Crippen molar-refractivity contribution in [1.29, 1.82) is 0 Å². The van der Waals surface area contributed by atoms with Gasteiger partial charge in [-0.3, -0.25) is 9.59 Å². The third-order valence-corrected chi connectivity index (χ3v) is 11.3. The van der Waals surface area contributed by atoms with Crippen LogP contribution < -0.4 is 21.1 Å². The summed E-state index contributed by atoms with van der Waals surface area (Å²) in [6, 6.07) is 16.1. The molecule has 0 heterocycles. The minimum atomic E-state index is -3.27. The fourth-order valence-corrected chi connectivity index (χ4v) is 4.70. The summed E-state index contributed by atoms with van der Waals surface area (Å²) < 4.78 is 45.9. The van der Waals surface area contributed by atoms with Crippen LogP contribution >= 0.6 is 10.7 Å². The molecule has 0 aliphatic carbocycles. The van der Waals surface area contributed by atoms with Gasteiger partial charge in [0.25, 0.3) is 0 Å². The Morgan fingerprint density at radius 1 is 0.653 bits per heavy atom. The molecule has 2 aromatic rings. The smallest absolute Gasteiger partial charge is 0.234 e. The summed E-state index contributed by atoms with van der Waals surface area (Å²) in [7, 11) is -1.64. The predicted molar refractivity (Wildman–Crippen MR) is 206 cm³/mol. The van der Waals surface area contributed by atoms with E-state index in [0.717, 1.165) is 37.1 Å². The number of hydrogen-bond donors (Lipinski definition) is 4. The van der Waals surface area contributed by atoms with Gasteiger partial charge in [-0.05, 0) is 121 Å². The van der Waals surface area contributed by atoms with E-state index in [4.69, 9.17) is 16.4 Å². The van der Waals surface area contributed by atoms with E-state index in [1.165, 1.54) is 50.7 Å². The molecule has 0 unspecified atom stereocenters. The maximum atomic E-state index is 11.9. The molecule has 13 heteroatoms. The highest BCUT2D eigenvalue weighted by molar-refractivity contribution is 8.14. The summed E-state index contributed by atoms with van der Waals surface area (Å²) in [5.74, 6) is 0.0350. The summed E-state index contributed by atoms with van der Waals surface area (Å²) in [4.78, 5) is 23.5. The lowest BCUT2D eigenvalue weighted by Crippen LogP contribution is -2.31. The normalized spacial score (nSPS) is 11.3. The molecule has 280 valence electrons. The highest BCUT2D eigenvalue weighted by Crippen LogP contribution is 2.14. The van der Waals surface area contributed by atoms with Crippen LogP contribution in [0.25, 0.3) is 0 Å². The van der Waals surface area contributed by atoms with Gasteiger partial charge < -0.3 is 16.4 Å². The summed E-state index contributed by atoms with van der Waals surface area (Å²) >= 11 is 0. The number of amides is 2. The number of sulfonamides is 1. The standard InChI is InChI=1S/C18H30N2O3S.C15H24N2O.C3H7ClO2S/c1-4-5-8-16-10-12-17(13-11-16)20-18(21)9-6-7-14-19-24(22,23)15(2)3;1-2-3-6-13-8-10-14(11-9-13)17-15(18)7-4-5-12-16;1-3(2)7(4,5)6/h10-13,15,19H,4-9,14H2,1-3H3,(H,20,21);8-11H,2-7,12,16H2,1H3,(H,17,18);3H,1-2H3. The molecule has 0 fully saturated rings. The van der Waals surface area contributed by atoms with E-state index >= 15 is 0 Å². The number of carbonyl (C=O) groups excluding carboxylic acids is 2. The molecule has 49 heavy (non-hydrogen) atoms.